The first-order valence-corrected chi connectivity index (χ1v) is 6.70. The van der Waals surface area contributed by atoms with Crippen LogP contribution in [0.15, 0.2) is 40.9 Å². The van der Waals surface area contributed by atoms with Crippen LogP contribution in [0.5, 0.6) is 0 Å². The van der Waals surface area contributed by atoms with E-state index in [0.717, 1.165) is 0 Å². The van der Waals surface area contributed by atoms with Crippen LogP contribution in [0, 0.1) is 5.82 Å². The van der Waals surface area contributed by atoms with Gasteiger partial charge in [0.1, 0.15) is 5.82 Å². The molecule has 0 amide bonds. The Morgan fingerprint density at radius 1 is 1.06 bits per heavy atom. The van der Waals surface area contributed by atoms with Crippen molar-refractivity contribution < 1.29 is 4.39 Å². The standard InChI is InChI=1S/C13H9BrCl2FN/c14-11-7(3-2-6-10(11)17)13(18)8-4-1-5-9(15)12(8)16/h1-6,13H,18H2. The molecule has 2 rings (SSSR count). The minimum atomic E-state index is -0.540. The van der Waals surface area contributed by atoms with Crippen LogP contribution >= 0.6 is 39.1 Å². The lowest BCUT2D eigenvalue weighted by Crippen LogP contribution is -2.13. The lowest BCUT2D eigenvalue weighted by Gasteiger charge is -2.16. The zero-order valence-electron chi connectivity index (χ0n) is 9.13. The normalized spacial score (nSPS) is 12.5. The zero-order valence-corrected chi connectivity index (χ0v) is 12.2. The second kappa shape index (κ2) is 5.57. The van der Waals surface area contributed by atoms with E-state index in [-0.39, 0.29) is 5.82 Å². The van der Waals surface area contributed by atoms with Gasteiger partial charge in [-0.1, -0.05) is 47.5 Å². The molecule has 0 aliphatic rings. The lowest BCUT2D eigenvalue weighted by atomic mass is 9.99. The van der Waals surface area contributed by atoms with E-state index < -0.39 is 6.04 Å². The molecule has 1 atom stereocenters. The third kappa shape index (κ3) is 2.54. The number of benzene rings is 2. The quantitative estimate of drug-likeness (QED) is 0.816. The molecule has 0 aliphatic heterocycles. The van der Waals surface area contributed by atoms with Crippen molar-refractivity contribution in [3.63, 3.8) is 0 Å². The second-order valence-corrected chi connectivity index (χ2v) is 5.34. The minimum absolute atomic E-state index is 0.341. The fourth-order valence-corrected chi connectivity index (χ4v) is 2.63. The number of rotatable bonds is 2. The van der Waals surface area contributed by atoms with Gasteiger partial charge in [-0.05, 0) is 39.2 Å². The first-order valence-electron chi connectivity index (χ1n) is 5.15. The molecule has 0 heterocycles. The third-order valence-electron chi connectivity index (χ3n) is 2.63. The Morgan fingerprint density at radius 3 is 2.39 bits per heavy atom. The molecule has 1 unspecified atom stereocenters. The van der Waals surface area contributed by atoms with Gasteiger partial charge in [0.05, 0.1) is 20.6 Å². The Bertz CT molecular complexity index is 538. The molecule has 0 spiro atoms. The molecule has 1 nitrogen and oxygen atoms in total. The predicted molar refractivity (Wildman–Crippen MR) is 76.6 cm³/mol. The first-order chi connectivity index (χ1) is 8.52. The molecule has 0 saturated carbocycles. The van der Waals surface area contributed by atoms with Crippen LogP contribution in [0.4, 0.5) is 4.39 Å². The first kappa shape index (κ1) is 13.8. The summed E-state index contributed by atoms with van der Waals surface area (Å²) in [7, 11) is 0. The van der Waals surface area contributed by atoms with E-state index >= 15 is 0 Å². The van der Waals surface area contributed by atoms with Crippen LogP contribution < -0.4 is 5.73 Å². The highest BCUT2D eigenvalue weighted by Gasteiger charge is 2.18. The van der Waals surface area contributed by atoms with E-state index in [1.165, 1.54) is 6.07 Å². The summed E-state index contributed by atoms with van der Waals surface area (Å²) in [5, 5.41) is 0.819. The van der Waals surface area contributed by atoms with E-state index in [1.54, 1.807) is 30.3 Å². The zero-order chi connectivity index (χ0) is 13.3. The molecule has 0 radical (unpaired) electrons. The van der Waals surface area contributed by atoms with Gasteiger partial charge in [-0.3, -0.25) is 0 Å². The minimum Gasteiger partial charge on any atom is -0.320 e. The average molecular weight is 349 g/mol. The van der Waals surface area contributed by atoms with Gasteiger partial charge in [-0.2, -0.15) is 0 Å². The molecule has 0 aliphatic carbocycles. The van der Waals surface area contributed by atoms with Gasteiger partial charge >= 0.3 is 0 Å². The summed E-state index contributed by atoms with van der Waals surface area (Å²) < 4.78 is 13.8. The highest BCUT2D eigenvalue weighted by molar-refractivity contribution is 9.10. The number of halogens is 4. The van der Waals surface area contributed by atoms with Crippen molar-refractivity contribution in [1.29, 1.82) is 0 Å². The van der Waals surface area contributed by atoms with Crippen molar-refractivity contribution in [3.8, 4) is 0 Å². The highest BCUT2D eigenvalue weighted by atomic mass is 79.9. The summed E-state index contributed by atoms with van der Waals surface area (Å²) in [4.78, 5) is 0. The summed E-state index contributed by atoms with van der Waals surface area (Å²) in [6.07, 6.45) is 0. The summed E-state index contributed by atoms with van der Waals surface area (Å²) in [6, 6.07) is 9.39. The number of nitrogens with two attached hydrogens (primary N) is 1. The van der Waals surface area contributed by atoms with Gasteiger partial charge in [0.2, 0.25) is 0 Å². The van der Waals surface area contributed by atoms with E-state index in [2.05, 4.69) is 15.9 Å². The average Bonchev–Trinajstić information content (AvgIpc) is 2.35. The van der Waals surface area contributed by atoms with Gasteiger partial charge in [-0.25, -0.2) is 4.39 Å². The van der Waals surface area contributed by atoms with Crippen LogP contribution in [0.1, 0.15) is 17.2 Å². The fourth-order valence-electron chi connectivity index (χ4n) is 1.69. The van der Waals surface area contributed by atoms with Crippen LogP contribution in [0.25, 0.3) is 0 Å². The molecule has 2 aromatic carbocycles. The van der Waals surface area contributed by atoms with Gasteiger partial charge in [0.15, 0.2) is 0 Å². The summed E-state index contributed by atoms with van der Waals surface area (Å²) in [6.45, 7) is 0. The molecule has 0 bridgehead atoms. The van der Waals surface area contributed by atoms with Gasteiger partial charge in [0.25, 0.3) is 0 Å². The summed E-state index contributed by atoms with van der Waals surface area (Å²) in [5.74, 6) is -0.360. The number of hydrogen-bond donors (Lipinski definition) is 1. The molecular formula is C13H9BrCl2FN. The van der Waals surface area contributed by atoms with E-state index in [0.29, 0.717) is 25.6 Å². The lowest BCUT2D eigenvalue weighted by molar-refractivity contribution is 0.616. The maximum absolute atomic E-state index is 13.5. The Hall–Kier alpha value is -0.610. The van der Waals surface area contributed by atoms with Crippen molar-refractivity contribution in [2.75, 3.05) is 0 Å². The maximum Gasteiger partial charge on any atom is 0.137 e. The van der Waals surface area contributed by atoms with Crippen molar-refractivity contribution in [2.24, 2.45) is 5.73 Å². The molecule has 0 saturated heterocycles. The highest BCUT2D eigenvalue weighted by Crippen LogP contribution is 2.35. The molecule has 2 N–H and O–H groups in total. The van der Waals surface area contributed by atoms with Crippen molar-refractivity contribution >= 4 is 39.1 Å². The summed E-state index contributed by atoms with van der Waals surface area (Å²) >= 11 is 15.2. The molecule has 2 aromatic rings. The molecule has 0 fully saturated rings. The molecule has 94 valence electrons. The van der Waals surface area contributed by atoms with Crippen molar-refractivity contribution in [3.05, 3.63) is 67.9 Å². The van der Waals surface area contributed by atoms with Gasteiger partial charge in [-0.15, -0.1) is 0 Å². The molecular weight excluding hydrogens is 340 g/mol. The summed E-state index contributed by atoms with van der Waals surface area (Å²) in [5.41, 5.74) is 7.40. The largest absolute Gasteiger partial charge is 0.320 e. The SMILES string of the molecule is NC(c1cccc(Cl)c1Cl)c1cccc(F)c1Br. The van der Waals surface area contributed by atoms with Gasteiger partial charge < -0.3 is 5.73 Å². The van der Waals surface area contributed by atoms with Crippen LogP contribution in [-0.2, 0) is 0 Å². The van der Waals surface area contributed by atoms with Crippen molar-refractivity contribution in [2.45, 2.75) is 6.04 Å². The van der Waals surface area contributed by atoms with E-state index in [4.69, 9.17) is 28.9 Å². The van der Waals surface area contributed by atoms with Crippen LogP contribution in [-0.4, -0.2) is 0 Å². The maximum atomic E-state index is 13.5. The molecule has 18 heavy (non-hydrogen) atoms. The predicted octanol–water partition coefficient (Wildman–Crippen LogP) is 4.94. The monoisotopic (exact) mass is 347 g/mol. The van der Waals surface area contributed by atoms with Crippen LogP contribution in [0.3, 0.4) is 0 Å². The molecule has 0 aromatic heterocycles. The Kier molecular flexibility index (Phi) is 4.28. The van der Waals surface area contributed by atoms with Crippen molar-refractivity contribution in [1.82, 2.24) is 0 Å². The number of hydrogen-bond acceptors (Lipinski definition) is 1. The Balaban J connectivity index is 2.51. The Labute approximate surface area is 123 Å². The Morgan fingerprint density at radius 2 is 1.67 bits per heavy atom. The fraction of sp³-hybridized carbons (Fsp3) is 0.0769. The third-order valence-corrected chi connectivity index (χ3v) is 4.30. The smallest absolute Gasteiger partial charge is 0.137 e. The topological polar surface area (TPSA) is 26.0 Å². The van der Waals surface area contributed by atoms with Gasteiger partial charge in [0, 0.05) is 0 Å². The van der Waals surface area contributed by atoms with E-state index in [1.807, 2.05) is 0 Å². The second-order valence-electron chi connectivity index (χ2n) is 3.76. The van der Waals surface area contributed by atoms with E-state index in [9.17, 15) is 4.39 Å². The van der Waals surface area contributed by atoms with Crippen LogP contribution in [0.2, 0.25) is 10.0 Å². The molecule has 5 heteroatoms.